The maximum Gasteiger partial charge on any atom is 0.419 e. The van der Waals surface area contributed by atoms with Crippen molar-refractivity contribution in [2.75, 3.05) is 0 Å². The monoisotopic (exact) mass is 477 g/mol. The van der Waals surface area contributed by atoms with E-state index in [9.17, 15) is 19.5 Å². The number of ether oxygens (including phenoxy) is 2. The molecule has 1 aliphatic carbocycles. The standard InChI is InChI=1S/C26H27N3O6/c1-26(2,3)35-25(33)29-13-18(27-15-29)12-22(23(30)31)28-24(32)34-14-17-8-6-10-20-19-9-5-4-7-16(19)11-21(17)20/h4-10,13,15,22H,11-12,14H2,1-3H3,(H,28,32)(H,30,31). The first-order valence-electron chi connectivity index (χ1n) is 11.2. The molecule has 2 N–H and O–H groups in total. The minimum Gasteiger partial charge on any atom is -0.480 e. The number of hydrogen-bond acceptors (Lipinski definition) is 6. The number of alkyl carbamates (subject to hydrolysis) is 1. The number of carbonyl (C=O) groups excluding carboxylic acids is 2. The second-order valence-corrected chi connectivity index (χ2v) is 9.35. The van der Waals surface area contributed by atoms with Crippen molar-refractivity contribution in [1.82, 2.24) is 14.9 Å². The molecule has 0 fully saturated rings. The Morgan fingerprint density at radius 1 is 1.11 bits per heavy atom. The number of aromatic nitrogens is 2. The minimum atomic E-state index is -1.28. The van der Waals surface area contributed by atoms with Crippen LogP contribution in [0.3, 0.4) is 0 Å². The molecule has 0 saturated heterocycles. The lowest BCUT2D eigenvalue weighted by molar-refractivity contribution is -0.139. The van der Waals surface area contributed by atoms with Gasteiger partial charge in [0.15, 0.2) is 0 Å². The molecule has 35 heavy (non-hydrogen) atoms. The molecule has 9 nitrogen and oxygen atoms in total. The van der Waals surface area contributed by atoms with Crippen molar-refractivity contribution in [2.45, 2.75) is 51.9 Å². The molecule has 1 aromatic heterocycles. The molecule has 0 aliphatic heterocycles. The number of carbonyl (C=O) groups is 3. The van der Waals surface area contributed by atoms with E-state index < -0.39 is 29.8 Å². The van der Waals surface area contributed by atoms with Gasteiger partial charge < -0.3 is 19.9 Å². The van der Waals surface area contributed by atoms with Gasteiger partial charge in [-0.2, -0.15) is 0 Å². The van der Waals surface area contributed by atoms with Gasteiger partial charge in [0.2, 0.25) is 0 Å². The highest BCUT2D eigenvalue weighted by Gasteiger charge is 2.25. The molecule has 1 atom stereocenters. The summed E-state index contributed by atoms with van der Waals surface area (Å²) in [6.45, 7) is 5.23. The number of aliphatic carboxylic acids is 1. The number of fused-ring (bicyclic) bond motifs is 3. The Balaban J connectivity index is 1.36. The van der Waals surface area contributed by atoms with Crippen LogP contribution in [-0.4, -0.2) is 44.5 Å². The van der Waals surface area contributed by atoms with Gasteiger partial charge in [-0.3, -0.25) is 0 Å². The second-order valence-electron chi connectivity index (χ2n) is 9.35. The van der Waals surface area contributed by atoms with Crippen LogP contribution in [0.1, 0.15) is 43.2 Å². The lowest BCUT2D eigenvalue weighted by Crippen LogP contribution is -2.42. The van der Waals surface area contributed by atoms with Gasteiger partial charge in [0.05, 0.1) is 5.69 Å². The maximum atomic E-state index is 12.4. The largest absolute Gasteiger partial charge is 0.480 e. The van der Waals surface area contributed by atoms with Crippen LogP contribution in [0.4, 0.5) is 9.59 Å². The molecule has 182 valence electrons. The van der Waals surface area contributed by atoms with Gasteiger partial charge in [-0.05, 0) is 55.0 Å². The number of imidazole rings is 1. The molecule has 0 bridgehead atoms. The molecule has 0 saturated carbocycles. The van der Waals surface area contributed by atoms with Crippen molar-refractivity contribution >= 4 is 18.2 Å². The molecule has 4 rings (SSSR count). The molecular weight excluding hydrogens is 450 g/mol. The second kappa shape index (κ2) is 9.61. The molecule has 0 radical (unpaired) electrons. The Morgan fingerprint density at radius 2 is 1.86 bits per heavy atom. The van der Waals surface area contributed by atoms with E-state index >= 15 is 0 Å². The van der Waals surface area contributed by atoms with Crippen molar-refractivity contribution in [2.24, 2.45) is 0 Å². The summed E-state index contributed by atoms with van der Waals surface area (Å²) in [5.41, 5.74) is 5.11. The Morgan fingerprint density at radius 3 is 2.60 bits per heavy atom. The van der Waals surface area contributed by atoms with E-state index in [2.05, 4.69) is 22.4 Å². The van der Waals surface area contributed by atoms with Crippen LogP contribution >= 0.6 is 0 Å². The lowest BCUT2D eigenvalue weighted by atomic mass is 10.0. The van der Waals surface area contributed by atoms with Crippen molar-refractivity contribution in [3.63, 3.8) is 0 Å². The molecule has 3 aromatic rings. The summed E-state index contributed by atoms with van der Waals surface area (Å²) in [5.74, 6) is -1.25. The summed E-state index contributed by atoms with van der Waals surface area (Å²) >= 11 is 0. The fourth-order valence-corrected chi connectivity index (χ4v) is 3.98. The highest BCUT2D eigenvalue weighted by molar-refractivity contribution is 5.81. The first-order chi connectivity index (χ1) is 16.6. The molecule has 1 aliphatic rings. The zero-order valence-corrected chi connectivity index (χ0v) is 19.8. The summed E-state index contributed by atoms with van der Waals surface area (Å²) in [6, 6.07) is 12.7. The van der Waals surface area contributed by atoms with E-state index in [1.54, 1.807) is 20.8 Å². The average molecular weight is 478 g/mol. The summed E-state index contributed by atoms with van der Waals surface area (Å²) in [7, 11) is 0. The molecule has 1 heterocycles. The number of benzene rings is 2. The predicted molar refractivity (Wildman–Crippen MR) is 127 cm³/mol. The SMILES string of the molecule is CC(C)(C)OC(=O)n1cnc(CC(NC(=O)OCc2cccc3c2Cc2ccccc2-3)C(=O)O)c1. The third-order valence-corrected chi connectivity index (χ3v) is 5.55. The van der Waals surface area contributed by atoms with Crippen LogP contribution < -0.4 is 5.32 Å². The Bertz CT molecular complexity index is 1270. The van der Waals surface area contributed by atoms with Gasteiger partial charge in [0, 0.05) is 12.6 Å². The lowest BCUT2D eigenvalue weighted by Gasteiger charge is -2.19. The Hall–Kier alpha value is -4.14. The quantitative estimate of drug-likeness (QED) is 0.428. The fraction of sp³-hybridized carbons (Fsp3) is 0.308. The minimum absolute atomic E-state index is 0.0165. The van der Waals surface area contributed by atoms with Gasteiger partial charge in [-0.25, -0.2) is 23.9 Å². The zero-order valence-electron chi connectivity index (χ0n) is 19.8. The van der Waals surface area contributed by atoms with Crippen LogP contribution in [-0.2, 0) is 33.7 Å². The van der Waals surface area contributed by atoms with Crippen LogP contribution in [0.2, 0.25) is 0 Å². The van der Waals surface area contributed by atoms with Crippen molar-refractivity contribution in [3.8, 4) is 11.1 Å². The molecule has 0 spiro atoms. The highest BCUT2D eigenvalue weighted by Crippen LogP contribution is 2.38. The van der Waals surface area contributed by atoms with E-state index in [1.165, 1.54) is 23.7 Å². The van der Waals surface area contributed by atoms with Crippen LogP contribution in [0.15, 0.2) is 55.0 Å². The molecular formula is C26H27N3O6. The number of nitrogens with one attached hydrogen (secondary N) is 1. The maximum absolute atomic E-state index is 12.4. The Labute approximate surface area is 202 Å². The molecule has 2 aromatic carbocycles. The number of amides is 1. The van der Waals surface area contributed by atoms with Crippen molar-refractivity contribution in [1.29, 1.82) is 0 Å². The van der Waals surface area contributed by atoms with Crippen LogP contribution in [0.5, 0.6) is 0 Å². The van der Waals surface area contributed by atoms with Crippen LogP contribution in [0.25, 0.3) is 11.1 Å². The first kappa shape index (κ1) is 24.0. The van der Waals surface area contributed by atoms with Crippen LogP contribution in [0, 0.1) is 0 Å². The van der Waals surface area contributed by atoms with Gasteiger partial charge >= 0.3 is 18.2 Å². The summed E-state index contributed by atoms with van der Waals surface area (Å²) < 4.78 is 11.7. The fourth-order valence-electron chi connectivity index (χ4n) is 3.98. The van der Waals surface area contributed by atoms with Crippen molar-refractivity contribution in [3.05, 3.63) is 77.4 Å². The van der Waals surface area contributed by atoms with Gasteiger partial charge in [-0.15, -0.1) is 0 Å². The molecule has 1 unspecified atom stereocenters. The van der Waals surface area contributed by atoms with E-state index in [1.807, 2.05) is 30.3 Å². The van der Waals surface area contributed by atoms with Crippen molar-refractivity contribution < 1.29 is 29.0 Å². The van der Waals surface area contributed by atoms with Gasteiger partial charge in [0.1, 0.15) is 24.6 Å². The third-order valence-electron chi connectivity index (χ3n) is 5.55. The summed E-state index contributed by atoms with van der Waals surface area (Å²) in [5, 5.41) is 11.9. The third kappa shape index (κ3) is 5.68. The number of nitrogens with zero attached hydrogens (tertiary/aromatic N) is 2. The zero-order chi connectivity index (χ0) is 25.2. The van der Waals surface area contributed by atoms with Gasteiger partial charge in [0.25, 0.3) is 0 Å². The summed E-state index contributed by atoms with van der Waals surface area (Å²) in [6.07, 6.45) is 1.77. The number of carboxylic acid groups (broad SMARTS) is 1. The van der Waals surface area contributed by atoms with Gasteiger partial charge in [-0.1, -0.05) is 42.5 Å². The van der Waals surface area contributed by atoms with E-state index in [0.717, 1.165) is 27.7 Å². The number of hydrogen-bond donors (Lipinski definition) is 2. The predicted octanol–water partition coefficient (Wildman–Crippen LogP) is 4.16. The van der Waals surface area contributed by atoms with E-state index in [4.69, 9.17) is 9.47 Å². The first-order valence-corrected chi connectivity index (χ1v) is 11.2. The normalized spacial score (nSPS) is 12.9. The van der Waals surface area contributed by atoms with E-state index in [0.29, 0.717) is 5.69 Å². The topological polar surface area (TPSA) is 120 Å². The number of rotatable bonds is 6. The van der Waals surface area contributed by atoms with E-state index in [-0.39, 0.29) is 13.0 Å². The molecule has 9 heteroatoms. The average Bonchev–Trinajstić information content (AvgIpc) is 3.41. The highest BCUT2D eigenvalue weighted by atomic mass is 16.6. The summed E-state index contributed by atoms with van der Waals surface area (Å²) in [4.78, 5) is 40.3. The smallest absolute Gasteiger partial charge is 0.419 e. The molecule has 1 amide bonds. The Kier molecular flexibility index (Phi) is 6.59. The number of carboxylic acids is 1.